The molecule has 0 saturated carbocycles. The van der Waals surface area contributed by atoms with E-state index in [-0.39, 0.29) is 11.7 Å². The zero-order chi connectivity index (χ0) is 12.0. The van der Waals surface area contributed by atoms with E-state index >= 15 is 0 Å². The van der Waals surface area contributed by atoms with E-state index in [1.54, 1.807) is 0 Å². The van der Waals surface area contributed by atoms with Crippen molar-refractivity contribution in [1.29, 1.82) is 0 Å². The Bertz CT molecular complexity index is 582. The van der Waals surface area contributed by atoms with Crippen LogP contribution < -0.4 is 5.73 Å². The maximum atomic E-state index is 13.9. The molecule has 88 valence electrons. The molecule has 1 atom stereocenters. The number of hydrogen-bond donors (Lipinski definition) is 1. The van der Waals surface area contributed by atoms with Crippen molar-refractivity contribution in [3.8, 4) is 0 Å². The number of nitrogen functional groups attached to an aromatic ring is 1. The van der Waals surface area contributed by atoms with Crippen LogP contribution in [0.5, 0.6) is 0 Å². The average Bonchev–Trinajstić information content (AvgIpc) is 2.78. The molecule has 0 fully saturated rings. The third-order valence-electron chi connectivity index (χ3n) is 3.07. The lowest BCUT2D eigenvalue weighted by atomic mass is 9.98. The molecule has 0 radical (unpaired) electrons. The van der Waals surface area contributed by atoms with E-state index in [1.165, 1.54) is 17.4 Å². The van der Waals surface area contributed by atoms with E-state index < -0.39 is 0 Å². The molecule has 2 aromatic rings. The number of halogens is 2. The van der Waals surface area contributed by atoms with Crippen LogP contribution in [0.15, 0.2) is 22.7 Å². The molecule has 2 N–H and O–H groups in total. The summed E-state index contributed by atoms with van der Waals surface area (Å²) in [5.74, 6) is -0.0444. The molecule has 2 nitrogen and oxygen atoms in total. The Hall–Kier alpha value is -0.940. The maximum Gasteiger partial charge on any atom is 0.180 e. The monoisotopic (exact) mass is 312 g/mol. The van der Waals surface area contributed by atoms with Gasteiger partial charge in [0.25, 0.3) is 0 Å². The summed E-state index contributed by atoms with van der Waals surface area (Å²) in [6.07, 6.45) is 1.82. The predicted molar refractivity (Wildman–Crippen MR) is 70.8 cm³/mol. The smallest absolute Gasteiger partial charge is 0.180 e. The fourth-order valence-corrected chi connectivity index (χ4v) is 3.69. The third kappa shape index (κ3) is 1.87. The summed E-state index contributed by atoms with van der Waals surface area (Å²) in [5.41, 5.74) is 7.48. The average molecular weight is 313 g/mol. The first-order chi connectivity index (χ1) is 8.15. The number of nitrogens with zero attached hydrogens (tertiary/aromatic N) is 1. The Labute approximate surface area is 111 Å². The molecule has 17 heavy (non-hydrogen) atoms. The second-order valence-electron chi connectivity index (χ2n) is 4.12. The van der Waals surface area contributed by atoms with E-state index in [0.29, 0.717) is 5.13 Å². The summed E-state index contributed by atoms with van der Waals surface area (Å²) in [4.78, 5) is 5.41. The van der Waals surface area contributed by atoms with Crippen molar-refractivity contribution >= 4 is 32.4 Å². The number of thiazole rings is 1. The van der Waals surface area contributed by atoms with Gasteiger partial charge in [0.2, 0.25) is 0 Å². The minimum atomic E-state index is -0.163. The van der Waals surface area contributed by atoms with E-state index in [4.69, 9.17) is 5.73 Å². The van der Waals surface area contributed by atoms with Crippen LogP contribution in [0, 0.1) is 5.82 Å². The second kappa shape index (κ2) is 4.07. The van der Waals surface area contributed by atoms with Crippen LogP contribution in [0.2, 0.25) is 0 Å². The quantitative estimate of drug-likeness (QED) is 0.872. The molecular formula is C12H10BrFN2S. The normalized spacial score (nSPS) is 18.4. The lowest BCUT2D eigenvalue weighted by Crippen LogP contribution is -1.98. The van der Waals surface area contributed by atoms with Gasteiger partial charge >= 0.3 is 0 Å². The number of benzene rings is 1. The molecule has 5 heteroatoms. The van der Waals surface area contributed by atoms with Crippen LogP contribution in [-0.2, 0) is 6.42 Å². The second-order valence-corrected chi connectivity index (χ2v) is 6.10. The van der Waals surface area contributed by atoms with Gasteiger partial charge in [-0.3, -0.25) is 0 Å². The maximum absolute atomic E-state index is 13.9. The number of aryl methyl sites for hydroxylation is 1. The van der Waals surface area contributed by atoms with Gasteiger partial charge in [-0.1, -0.05) is 22.0 Å². The summed E-state index contributed by atoms with van der Waals surface area (Å²) in [6, 6.07) is 5.23. The molecule has 0 spiro atoms. The molecular weight excluding hydrogens is 303 g/mol. The SMILES string of the molecule is Nc1nc2c(s1)C(c1ccc(Br)cc1F)CC2. The molecule has 0 saturated heterocycles. The Morgan fingerprint density at radius 2 is 2.29 bits per heavy atom. The van der Waals surface area contributed by atoms with Crippen molar-refractivity contribution in [1.82, 2.24) is 4.98 Å². The van der Waals surface area contributed by atoms with Gasteiger partial charge in [-0.15, -0.1) is 11.3 Å². The van der Waals surface area contributed by atoms with Crippen LogP contribution in [0.1, 0.15) is 28.5 Å². The molecule has 1 unspecified atom stereocenters. The summed E-state index contributed by atoms with van der Waals surface area (Å²) in [5, 5.41) is 0.581. The third-order valence-corrected chi connectivity index (χ3v) is 4.60. The zero-order valence-electron chi connectivity index (χ0n) is 8.91. The number of hydrogen-bond acceptors (Lipinski definition) is 3. The van der Waals surface area contributed by atoms with Crippen molar-refractivity contribution in [2.75, 3.05) is 5.73 Å². The minimum Gasteiger partial charge on any atom is -0.375 e. The molecule has 1 aromatic heterocycles. The first-order valence-corrected chi connectivity index (χ1v) is 6.96. The van der Waals surface area contributed by atoms with Crippen molar-refractivity contribution in [3.63, 3.8) is 0 Å². The Kier molecular flexibility index (Phi) is 2.67. The Morgan fingerprint density at radius 1 is 1.47 bits per heavy atom. The van der Waals surface area contributed by atoms with Crippen LogP contribution >= 0.6 is 27.3 Å². The molecule has 0 aliphatic heterocycles. The minimum absolute atomic E-state index is 0.118. The molecule has 1 heterocycles. The topological polar surface area (TPSA) is 38.9 Å². The lowest BCUT2D eigenvalue weighted by Gasteiger charge is -2.11. The van der Waals surface area contributed by atoms with Crippen molar-refractivity contribution in [3.05, 3.63) is 44.6 Å². The van der Waals surface area contributed by atoms with E-state index in [0.717, 1.165) is 33.4 Å². The molecule has 0 amide bonds. The van der Waals surface area contributed by atoms with Gasteiger partial charge in [0.1, 0.15) is 5.82 Å². The van der Waals surface area contributed by atoms with Crippen LogP contribution in [0.4, 0.5) is 9.52 Å². The molecule has 1 aliphatic carbocycles. The fourth-order valence-electron chi connectivity index (χ4n) is 2.33. The highest BCUT2D eigenvalue weighted by Gasteiger charge is 2.29. The first kappa shape index (κ1) is 11.2. The van der Waals surface area contributed by atoms with Gasteiger partial charge in [0.05, 0.1) is 5.69 Å². The highest BCUT2D eigenvalue weighted by atomic mass is 79.9. The van der Waals surface area contributed by atoms with Crippen LogP contribution in [0.25, 0.3) is 0 Å². The van der Waals surface area contributed by atoms with E-state index in [9.17, 15) is 4.39 Å². The Balaban J connectivity index is 2.06. The summed E-state index contributed by atoms with van der Waals surface area (Å²) >= 11 is 4.75. The zero-order valence-corrected chi connectivity index (χ0v) is 11.3. The highest BCUT2D eigenvalue weighted by Crippen LogP contribution is 2.43. The van der Waals surface area contributed by atoms with Gasteiger partial charge in [-0.25, -0.2) is 9.37 Å². The van der Waals surface area contributed by atoms with Gasteiger partial charge < -0.3 is 5.73 Å². The molecule has 0 bridgehead atoms. The summed E-state index contributed by atoms with van der Waals surface area (Å²) in [6.45, 7) is 0. The summed E-state index contributed by atoms with van der Waals surface area (Å²) < 4.78 is 14.7. The van der Waals surface area contributed by atoms with Crippen molar-refractivity contribution in [2.45, 2.75) is 18.8 Å². The van der Waals surface area contributed by atoms with E-state index in [1.807, 2.05) is 12.1 Å². The number of fused-ring (bicyclic) bond motifs is 1. The Morgan fingerprint density at radius 3 is 3.06 bits per heavy atom. The van der Waals surface area contributed by atoms with Gasteiger partial charge in [-0.05, 0) is 30.5 Å². The van der Waals surface area contributed by atoms with Gasteiger partial charge in [0.15, 0.2) is 5.13 Å². The standard InChI is InChI=1S/C12H10BrFN2S/c13-6-1-2-7(9(14)5-6)8-3-4-10-11(8)17-12(15)16-10/h1-2,5,8H,3-4H2,(H2,15,16). The number of nitrogens with two attached hydrogens (primary N) is 1. The van der Waals surface area contributed by atoms with Gasteiger partial charge in [0, 0.05) is 15.3 Å². The van der Waals surface area contributed by atoms with Crippen molar-refractivity contribution < 1.29 is 4.39 Å². The molecule has 3 rings (SSSR count). The molecule has 1 aromatic carbocycles. The fraction of sp³-hybridized carbons (Fsp3) is 0.250. The number of anilines is 1. The molecule has 1 aliphatic rings. The van der Waals surface area contributed by atoms with Crippen LogP contribution in [0.3, 0.4) is 0 Å². The highest BCUT2D eigenvalue weighted by molar-refractivity contribution is 9.10. The number of aromatic nitrogens is 1. The van der Waals surface area contributed by atoms with E-state index in [2.05, 4.69) is 20.9 Å². The lowest BCUT2D eigenvalue weighted by molar-refractivity contribution is 0.595. The van der Waals surface area contributed by atoms with Crippen molar-refractivity contribution in [2.24, 2.45) is 0 Å². The summed E-state index contributed by atoms with van der Waals surface area (Å²) in [7, 11) is 0. The number of rotatable bonds is 1. The van der Waals surface area contributed by atoms with Gasteiger partial charge in [-0.2, -0.15) is 0 Å². The largest absolute Gasteiger partial charge is 0.375 e. The first-order valence-electron chi connectivity index (χ1n) is 5.35. The van der Waals surface area contributed by atoms with Crippen LogP contribution in [-0.4, -0.2) is 4.98 Å². The predicted octanol–water partition coefficient (Wildman–Crippen LogP) is 3.71.